The maximum Gasteiger partial charge on any atom is 0.294 e. The highest BCUT2D eigenvalue weighted by Crippen LogP contribution is 2.43. The zero-order chi connectivity index (χ0) is 21.0. The van der Waals surface area contributed by atoms with Crippen molar-refractivity contribution in [3.05, 3.63) is 29.3 Å². The van der Waals surface area contributed by atoms with Crippen LogP contribution in [0, 0.1) is 12.8 Å². The molecule has 0 saturated heterocycles. The third-order valence-corrected chi connectivity index (χ3v) is 11.2. The van der Waals surface area contributed by atoms with Gasteiger partial charge in [-0.3, -0.25) is 4.55 Å². The maximum absolute atomic E-state index is 11.8. The molecule has 0 amide bonds. The number of aryl methyl sites for hydroxylation is 1. The summed E-state index contributed by atoms with van der Waals surface area (Å²) in [4.78, 5) is -0.0180. The van der Waals surface area contributed by atoms with E-state index in [0.717, 1.165) is 31.2 Å². The molecule has 1 rings (SSSR count). The average molecular weight is 415 g/mol. The molecule has 0 aliphatic rings. The lowest BCUT2D eigenvalue weighted by molar-refractivity contribution is 0.105. The maximum atomic E-state index is 11.8. The SMILES string of the molecule is CCCC(CCC)[C@H](O[Si](C)(C)C(C)(C)C)c1ccc(C)c(S(=O)(=O)O)c1. The predicted octanol–water partition coefficient (Wildman–Crippen LogP) is 6.52. The molecule has 0 heterocycles. The monoisotopic (exact) mass is 414 g/mol. The van der Waals surface area contributed by atoms with E-state index in [1.54, 1.807) is 19.1 Å². The molecule has 27 heavy (non-hydrogen) atoms. The van der Waals surface area contributed by atoms with Crippen LogP contribution in [-0.4, -0.2) is 21.3 Å². The molecule has 1 aromatic rings. The quantitative estimate of drug-likeness (QED) is 0.369. The average Bonchev–Trinajstić information content (AvgIpc) is 2.51. The fraction of sp³-hybridized carbons (Fsp3) is 0.714. The van der Waals surface area contributed by atoms with Gasteiger partial charge in [-0.1, -0.05) is 59.6 Å². The first-order chi connectivity index (χ1) is 12.2. The third-order valence-electron chi connectivity index (χ3n) is 5.79. The highest BCUT2D eigenvalue weighted by molar-refractivity contribution is 7.85. The Bertz CT molecular complexity index is 714. The van der Waals surface area contributed by atoms with Crippen molar-refractivity contribution < 1.29 is 17.4 Å². The topological polar surface area (TPSA) is 63.6 Å². The van der Waals surface area contributed by atoms with Gasteiger partial charge in [0.15, 0.2) is 8.32 Å². The highest BCUT2D eigenvalue weighted by atomic mass is 32.2. The smallest absolute Gasteiger partial charge is 0.294 e. The molecule has 1 N–H and O–H groups in total. The van der Waals surface area contributed by atoms with Crippen molar-refractivity contribution >= 4 is 18.4 Å². The van der Waals surface area contributed by atoms with Gasteiger partial charge in [0.1, 0.15) is 0 Å². The van der Waals surface area contributed by atoms with Crippen LogP contribution < -0.4 is 0 Å². The van der Waals surface area contributed by atoms with Crippen molar-refractivity contribution in [1.82, 2.24) is 0 Å². The molecule has 1 aromatic carbocycles. The van der Waals surface area contributed by atoms with Gasteiger partial charge in [0, 0.05) is 0 Å². The molecule has 4 nitrogen and oxygen atoms in total. The largest absolute Gasteiger partial charge is 0.410 e. The van der Waals surface area contributed by atoms with Crippen LogP contribution in [-0.2, 0) is 14.5 Å². The lowest BCUT2D eigenvalue weighted by atomic mass is 9.88. The lowest BCUT2D eigenvalue weighted by Gasteiger charge is -2.42. The van der Waals surface area contributed by atoms with E-state index in [1.165, 1.54) is 0 Å². The van der Waals surface area contributed by atoms with Crippen molar-refractivity contribution in [1.29, 1.82) is 0 Å². The molecule has 0 bridgehead atoms. The first-order valence-corrected chi connectivity index (χ1v) is 14.3. The number of rotatable bonds is 9. The van der Waals surface area contributed by atoms with Crippen LogP contribution in [0.2, 0.25) is 18.1 Å². The van der Waals surface area contributed by atoms with Crippen LogP contribution in [0.15, 0.2) is 23.1 Å². The van der Waals surface area contributed by atoms with Gasteiger partial charge in [0.05, 0.1) is 11.0 Å². The standard InChI is InChI=1S/C21H38O4SSi/c1-9-11-17(12-10-2)20(25-27(7,8)21(4,5)6)18-14-13-16(3)19(15-18)26(22,23)24/h13-15,17,20H,9-12H2,1-8H3,(H,22,23,24)/t20-/m0/s1. The fourth-order valence-corrected chi connectivity index (χ4v) is 5.27. The van der Waals surface area contributed by atoms with Gasteiger partial charge >= 0.3 is 0 Å². The Morgan fingerprint density at radius 3 is 2.04 bits per heavy atom. The summed E-state index contributed by atoms with van der Waals surface area (Å²) in [6.45, 7) is 17.1. The van der Waals surface area contributed by atoms with Crippen LogP contribution >= 0.6 is 0 Å². The zero-order valence-corrected chi connectivity index (χ0v) is 20.1. The first kappa shape index (κ1) is 24.3. The van der Waals surface area contributed by atoms with Crippen LogP contribution in [0.4, 0.5) is 0 Å². The normalized spacial score (nSPS) is 14.6. The van der Waals surface area contributed by atoms with E-state index in [9.17, 15) is 13.0 Å². The molecule has 156 valence electrons. The van der Waals surface area contributed by atoms with Crippen molar-refractivity contribution in [3.63, 3.8) is 0 Å². The summed E-state index contributed by atoms with van der Waals surface area (Å²) in [5.41, 5.74) is 1.40. The molecule has 0 aromatic heterocycles. The Morgan fingerprint density at radius 1 is 1.11 bits per heavy atom. The number of hydrogen-bond donors (Lipinski definition) is 1. The van der Waals surface area contributed by atoms with E-state index in [0.29, 0.717) is 11.5 Å². The van der Waals surface area contributed by atoms with Gasteiger partial charge in [-0.05, 0) is 61.0 Å². The summed E-state index contributed by atoms with van der Waals surface area (Å²) < 4.78 is 40.1. The minimum absolute atomic E-state index is 0.0180. The highest BCUT2D eigenvalue weighted by Gasteiger charge is 2.41. The van der Waals surface area contributed by atoms with Crippen LogP contribution in [0.5, 0.6) is 0 Å². The predicted molar refractivity (Wildman–Crippen MR) is 115 cm³/mol. The Kier molecular flexibility index (Phi) is 8.30. The molecular formula is C21H38O4SSi. The minimum atomic E-state index is -4.26. The molecular weight excluding hydrogens is 376 g/mol. The summed E-state index contributed by atoms with van der Waals surface area (Å²) in [6, 6.07) is 5.34. The van der Waals surface area contributed by atoms with Gasteiger partial charge in [0.25, 0.3) is 10.1 Å². The molecule has 0 unspecified atom stereocenters. The van der Waals surface area contributed by atoms with Crippen molar-refractivity contribution in [2.45, 2.75) is 96.4 Å². The van der Waals surface area contributed by atoms with Crippen molar-refractivity contribution in [2.24, 2.45) is 5.92 Å². The molecule has 1 atom stereocenters. The number of hydrogen-bond acceptors (Lipinski definition) is 3. The summed E-state index contributed by atoms with van der Waals surface area (Å²) in [7, 11) is -6.32. The van der Waals surface area contributed by atoms with E-state index < -0.39 is 18.4 Å². The second-order valence-electron chi connectivity index (χ2n) is 9.14. The van der Waals surface area contributed by atoms with Crippen LogP contribution in [0.3, 0.4) is 0 Å². The first-order valence-electron chi connectivity index (χ1n) is 10.0. The zero-order valence-electron chi connectivity index (χ0n) is 18.3. The van der Waals surface area contributed by atoms with Gasteiger partial charge in [-0.25, -0.2) is 0 Å². The molecule has 6 heteroatoms. The van der Waals surface area contributed by atoms with Crippen molar-refractivity contribution in [3.8, 4) is 0 Å². The number of benzene rings is 1. The van der Waals surface area contributed by atoms with E-state index in [2.05, 4.69) is 47.7 Å². The van der Waals surface area contributed by atoms with Crippen LogP contribution in [0.1, 0.15) is 77.5 Å². The Hall–Kier alpha value is -0.693. The molecule has 0 fully saturated rings. The fourth-order valence-electron chi connectivity index (χ4n) is 3.19. The van der Waals surface area contributed by atoms with E-state index in [4.69, 9.17) is 4.43 Å². The summed E-state index contributed by atoms with van der Waals surface area (Å²) in [5.74, 6) is 0.325. The molecule has 0 aliphatic carbocycles. The summed E-state index contributed by atoms with van der Waals surface area (Å²) >= 11 is 0. The molecule has 0 saturated carbocycles. The Morgan fingerprint density at radius 2 is 1.63 bits per heavy atom. The molecule has 0 radical (unpaired) electrons. The van der Waals surface area contributed by atoms with Gasteiger partial charge in [-0.15, -0.1) is 0 Å². The van der Waals surface area contributed by atoms with Gasteiger partial charge in [0.2, 0.25) is 0 Å². The molecule has 0 aliphatic heterocycles. The summed E-state index contributed by atoms with van der Waals surface area (Å²) in [5, 5.41) is 0.0603. The van der Waals surface area contributed by atoms with E-state index >= 15 is 0 Å². The third kappa shape index (κ3) is 6.41. The molecule has 0 spiro atoms. The van der Waals surface area contributed by atoms with Crippen molar-refractivity contribution in [2.75, 3.05) is 0 Å². The van der Waals surface area contributed by atoms with E-state index in [-0.39, 0.29) is 16.0 Å². The van der Waals surface area contributed by atoms with Crippen LogP contribution in [0.25, 0.3) is 0 Å². The Labute approximate surface area is 167 Å². The summed E-state index contributed by atoms with van der Waals surface area (Å²) in [6.07, 6.45) is 4.01. The Balaban J connectivity index is 3.49. The lowest BCUT2D eigenvalue weighted by Crippen LogP contribution is -2.43. The van der Waals surface area contributed by atoms with Gasteiger partial charge in [-0.2, -0.15) is 8.42 Å². The second kappa shape index (κ2) is 9.20. The van der Waals surface area contributed by atoms with E-state index in [1.807, 2.05) is 6.07 Å². The minimum Gasteiger partial charge on any atom is -0.410 e. The van der Waals surface area contributed by atoms with Gasteiger partial charge < -0.3 is 4.43 Å². The second-order valence-corrected chi connectivity index (χ2v) is 15.3.